The van der Waals surface area contributed by atoms with Crippen molar-refractivity contribution in [2.24, 2.45) is 5.41 Å². The number of amides is 2. The molecule has 0 spiro atoms. The average Bonchev–Trinajstić information content (AvgIpc) is 2.37. The van der Waals surface area contributed by atoms with Crippen LogP contribution in [0.4, 0.5) is 0 Å². The van der Waals surface area contributed by atoms with Crippen LogP contribution in [-0.2, 0) is 9.59 Å². The van der Waals surface area contributed by atoms with Gasteiger partial charge in [0.15, 0.2) is 5.11 Å². The number of rotatable bonds is 2. The summed E-state index contributed by atoms with van der Waals surface area (Å²) in [4.78, 5) is 28.6. The second kappa shape index (κ2) is 5.95. The predicted octanol–water partition coefficient (Wildman–Crippen LogP) is 3.04. The largest absolute Gasteiger partial charge is 0.285 e. The lowest BCUT2D eigenvalue weighted by Crippen LogP contribution is -2.56. The van der Waals surface area contributed by atoms with Gasteiger partial charge in [0, 0.05) is 13.1 Å². The molecule has 1 saturated heterocycles. The molecule has 2 amide bonds. The van der Waals surface area contributed by atoms with Gasteiger partial charge in [0.1, 0.15) is 5.57 Å². The topological polar surface area (TPSA) is 40.6 Å². The number of hydrogen-bond donors (Lipinski definition) is 0. The van der Waals surface area contributed by atoms with E-state index in [1.54, 1.807) is 0 Å². The molecule has 0 atom stereocenters. The van der Waals surface area contributed by atoms with Crippen molar-refractivity contribution in [3.8, 4) is 0 Å². The zero-order valence-corrected chi connectivity index (χ0v) is 14.8. The summed E-state index contributed by atoms with van der Waals surface area (Å²) in [6.45, 7) is 11.1. The Balaban J connectivity index is 2.58. The van der Waals surface area contributed by atoms with Gasteiger partial charge in [0.2, 0.25) is 0 Å². The van der Waals surface area contributed by atoms with Crippen molar-refractivity contribution in [2.45, 2.75) is 47.5 Å². The Morgan fingerprint density at radius 2 is 1.59 bits per heavy atom. The van der Waals surface area contributed by atoms with E-state index >= 15 is 0 Å². The van der Waals surface area contributed by atoms with Gasteiger partial charge in [-0.25, -0.2) is 0 Å². The maximum absolute atomic E-state index is 12.8. The number of carbonyl (C=O) groups is 2. The summed E-state index contributed by atoms with van der Waals surface area (Å²) in [5, 5.41) is 0.320. The first-order chi connectivity index (χ1) is 10.2. The third kappa shape index (κ3) is 2.86. The van der Waals surface area contributed by atoms with Gasteiger partial charge in [-0.15, -0.1) is 0 Å². The lowest BCUT2D eigenvalue weighted by molar-refractivity contribution is -0.133. The molecular weight excluding hydrogens is 296 g/mol. The molecule has 5 heteroatoms. The summed E-state index contributed by atoms with van der Waals surface area (Å²) in [6, 6.07) is 0. The van der Waals surface area contributed by atoms with E-state index < -0.39 is 0 Å². The molecule has 1 heterocycles. The Morgan fingerprint density at radius 3 is 2.00 bits per heavy atom. The highest BCUT2D eigenvalue weighted by atomic mass is 32.1. The maximum atomic E-state index is 12.8. The molecule has 22 heavy (non-hydrogen) atoms. The number of allylic oxidation sites excluding steroid dienone is 3. The maximum Gasteiger partial charge on any atom is 0.265 e. The van der Waals surface area contributed by atoms with Crippen LogP contribution in [0.3, 0.4) is 0 Å². The highest BCUT2D eigenvalue weighted by molar-refractivity contribution is 7.80. The minimum Gasteiger partial charge on any atom is -0.285 e. The van der Waals surface area contributed by atoms with Crippen molar-refractivity contribution in [3.05, 3.63) is 22.8 Å². The van der Waals surface area contributed by atoms with E-state index in [9.17, 15) is 9.59 Å². The summed E-state index contributed by atoms with van der Waals surface area (Å²) < 4.78 is 0. The van der Waals surface area contributed by atoms with Crippen LogP contribution in [0.2, 0.25) is 0 Å². The Morgan fingerprint density at radius 1 is 1.09 bits per heavy atom. The van der Waals surface area contributed by atoms with E-state index in [1.165, 1.54) is 15.4 Å². The van der Waals surface area contributed by atoms with Crippen molar-refractivity contribution in [1.82, 2.24) is 9.80 Å². The summed E-state index contributed by atoms with van der Waals surface area (Å²) >= 11 is 5.30. The van der Waals surface area contributed by atoms with Gasteiger partial charge in [-0.05, 0) is 56.8 Å². The third-order valence-corrected chi connectivity index (χ3v) is 4.62. The molecule has 0 aromatic rings. The van der Waals surface area contributed by atoms with E-state index in [-0.39, 0.29) is 17.2 Å². The van der Waals surface area contributed by atoms with Gasteiger partial charge >= 0.3 is 0 Å². The van der Waals surface area contributed by atoms with E-state index in [0.29, 0.717) is 23.8 Å². The minimum absolute atomic E-state index is 0.0633. The lowest BCUT2D eigenvalue weighted by atomic mass is 9.74. The van der Waals surface area contributed by atoms with Crippen LogP contribution in [0.5, 0.6) is 0 Å². The van der Waals surface area contributed by atoms with Crippen molar-refractivity contribution >= 4 is 29.1 Å². The Kier molecular flexibility index (Phi) is 4.57. The van der Waals surface area contributed by atoms with Crippen molar-refractivity contribution in [3.63, 3.8) is 0 Å². The first-order valence-electron chi connectivity index (χ1n) is 7.80. The molecule has 120 valence electrons. The molecule has 1 aliphatic carbocycles. The Bertz CT molecular complexity index is 574. The highest BCUT2D eigenvalue weighted by Crippen LogP contribution is 2.39. The molecule has 0 saturated carbocycles. The van der Waals surface area contributed by atoms with Crippen LogP contribution in [0.1, 0.15) is 47.5 Å². The van der Waals surface area contributed by atoms with Crippen molar-refractivity contribution in [2.75, 3.05) is 13.1 Å². The molecule has 0 N–H and O–H groups in total. The van der Waals surface area contributed by atoms with E-state index in [0.717, 1.165) is 18.4 Å². The average molecular weight is 320 g/mol. The van der Waals surface area contributed by atoms with Crippen molar-refractivity contribution in [1.29, 1.82) is 0 Å². The number of hydrogen-bond acceptors (Lipinski definition) is 3. The lowest BCUT2D eigenvalue weighted by Gasteiger charge is -2.38. The van der Waals surface area contributed by atoms with E-state index in [2.05, 4.69) is 20.8 Å². The SMILES string of the molecule is CCN1C(=O)C(=C2C=C(C)CC(C)(C)C2)C(=O)N(CC)C1=S. The van der Waals surface area contributed by atoms with E-state index in [4.69, 9.17) is 12.2 Å². The van der Waals surface area contributed by atoms with Crippen LogP contribution < -0.4 is 0 Å². The van der Waals surface area contributed by atoms with Crippen molar-refractivity contribution < 1.29 is 9.59 Å². The Hall–Kier alpha value is -1.49. The molecule has 1 aliphatic heterocycles. The molecule has 1 fully saturated rings. The highest BCUT2D eigenvalue weighted by Gasteiger charge is 2.40. The molecule has 0 unspecified atom stereocenters. The molecule has 0 bridgehead atoms. The standard InChI is InChI=1S/C17H24N2O2S/c1-6-18-14(20)13(15(21)19(7-2)16(18)22)12-8-11(3)9-17(4,5)10-12/h8H,6-7,9-10H2,1-5H3. The van der Waals surface area contributed by atoms with Gasteiger partial charge in [-0.3, -0.25) is 19.4 Å². The number of thiocarbonyl (C=S) groups is 1. The molecule has 0 aromatic carbocycles. The molecule has 2 aliphatic rings. The monoisotopic (exact) mass is 320 g/mol. The first kappa shape index (κ1) is 16.9. The minimum atomic E-state index is -0.251. The summed E-state index contributed by atoms with van der Waals surface area (Å²) in [6.07, 6.45) is 3.73. The Labute approximate surface area is 137 Å². The molecule has 4 nitrogen and oxygen atoms in total. The van der Waals surface area contributed by atoms with Gasteiger partial charge in [-0.2, -0.15) is 0 Å². The fraction of sp³-hybridized carbons (Fsp3) is 0.588. The zero-order valence-electron chi connectivity index (χ0n) is 14.0. The second-order valence-corrected chi connectivity index (χ2v) is 7.16. The number of nitrogens with zero attached hydrogens (tertiary/aromatic N) is 2. The third-order valence-electron chi connectivity index (χ3n) is 4.18. The summed E-state index contributed by atoms with van der Waals surface area (Å²) in [5.41, 5.74) is 2.42. The van der Waals surface area contributed by atoms with Gasteiger partial charge < -0.3 is 0 Å². The first-order valence-corrected chi connectivity index (χ1v) is 8.20. The zero-order chi connectivity index (χ0) is 16.7. The molecule has 0 aromatic heterocycles. The second-order valence-electron chi connectivity index (χ2n) is 6.79. The van der Waals surface area contributed by atoms with Crippen LogP contribution in [0, 0.1) is 5.41 Å². The fourth-order valence-electron chi connectivity index (χ4n) is 3.41. The van der Waals surface area contributed by atoms with Crippen LogP contribution in [-0.4, -0.2) is 39.8 Å². The van der Waals surface area contributed by atoms with E-state index in [1.807, 2.05) is 19.9 Å². The van der Waals surface area contributed by atoms with Gasteiger partial charge in [0.05, 0.1) is 0 Å². The van der Waals surface area contributed by atoms with Gasteiger partial charge in [0.25, 0.3) is 11.8 Å². The van der Waals surface area contributed by atoms with Gasteiger partial charge in [-0.1, -0.05) is 25.5 Å². The molecule has 0 radical (unpaired) electrons. The van der Waals surface area contributed by atoms with Crippen LogP contribution in [0.15, 0.2) is 22.8 Å². The molecule has 2 rings (SSSR count). The summed E-state index contributed by atoms with van der Waals surface area (Å²) in [5.74, 6) is -0.502. The fourth-order valence-corrected chi connectivity index (χ4v) is 3.83. The van der Waals surface area contributed by atoms with Crippen LogP contribution >= 0.6 is 12.2 Å². The smallest absolute Gasteiger partial charge is 0.265 e. The normalized spacial score (nSPS) is 22.4. The number of carbonyl (C=O) groups excluding carboxylic acids is 2. The number of likely N-dealkylation sites (N-methyl/N-ethyl adjacent to an activating group) is 2. The quantitative estimate of drug-likeness (QED) is 0.446. The van der Waals surface area contributed by atoms with Crippen LogP contribution in [0.25, 0.3) is 0 Å². The summed E-state index contributed by atoms with van der Waals surface area (Å²) in [7, 11) is 0. The predicted molar refractivity (Wildman–Crippen MR) is 91.2 cm³/mol. The molecular formula is C17H24N2O2S.